The number of aliphatic hydroxyl groups is 2. The molecule has 53 heavy (non-hydrogen) atoms. The number of rotatable bonds is 45. The molecule has 0 saturated heterocycles. The van der Waals surface area contributed by atoms with E-state index in [9.17, 15) is 15.0 Å². The fraction of sp³-hybridized carbons (Fsp3) is 0.939. The van der Waals surface area contributed by atoms with Crippen molar-refractivity contribution in [1.82, 2.24) is 5.32 Å². The summed E-state index contributed by atoms with van der Waals surface area (Å²) in [6.45, 7) is 4.38. The minimum atomic E-state index is -0.658. The second-order valence-corrected chi connectivity index (χ2v) is 16.9. The number of carbonyl (C=O) groups excluding carboxylic acids is 1. The molecule has 1 amide bonds. The monoisotopic (exact) mass is 748 g/mol. The van der Waals surface area contributed by atoms with Gasteiger partial charge in [0.2, 0.25) is 5.91 Å². The zero-order valence-electron chi connectivity index (χ0n) is 36.3. The first-order valence-corrected chi connectivity index (χ1v) is 24.4. The minimum absolute atomic E-state index is 0.0315. The topological polar surface area (TPSA) is 69.6 Å². The van der Waals surface area contributed by atoms with Crippen LogP contribution in [-0.4, -0.2) is 34.9 Å². The van der Waals surface area contributed by atoms with Crippen LogP contribution in [-0.2, 0) is 4.79 Å². The van der Waals surface area contributed by atoms with E-state index >= 15 is 0 Å². The van der Waals surface area contributed by atoms with Crippen LogP contribution in [0.5, 0.6) is 0 Å². The zero-order valence-corrected chi connectivity index (χ0v) is 36.3. The highest BCUT2D eigenvalue weighted by Gasteiger charge is 2.20. The van der Waals surface area contributed by atoms with E-state index in [4.69, 9.17) is 0 Å². The Kier molecular flexibility index (Phi) is 44.8. The van der Waals surface area contributed by atoms with Crippen molar-refractivity contribution in [2.45, 2.75) is 289 Å². The Bertz CT molecular complexity index is 725. The fourth-order valence-electron chi connectivity index (χ4n) is 7.77. The molecule has 0 aromatic rings. The molecular formula is C49H97NO3. The molecule has 0 saturated carbocycles. The van der Waals surface area contributed by atoms with E-state index in [0.717, 1.165) is 25.7 Å². The van der Waals surface area contributed by atoms with Crippen molar-refractivity contribution in [3.63, 3.8) is 0 Å². The van der Waals surface area contributed by atoms with E-state index in [1.807, 2.05) is 0 Å². The zero-order chi connectivity index (χ0) is 38.6. The van der Waals surface area contributed by atoms with Gasteiger partial charge in [-0.2, -0.15) is 0 Å². The molecule has 3 N–H and O–H groups in total. The fourth-order valence-corrected chi connectivity index (χ4v) is 7.77. The summed E-state index contributed by atoms with van der Waals surface area (Å²) in [5.74, 6) is -0.0315. The average Bonchev–Trinajstić information content (AvgIpc) is 3.16. The van der Waals surface area contributed by atoms with Gasteiger partial charge in [0.05, 0.1) is 18.8 Å². The van der Waals surface area contributed by atoms with E-state index in [-0.39, 0.29) is 12.5 Å². The molecule has 0 spiro atoms. The lowest BCUT2D eigenvalue weighted by Gasteiger charge is -2.22. The summed E-state index contributed by atoms with van der Waals surface area (Å²) in [5.41, 5.74) is 0. The van der Waals surface area contributed by atoms with Gasteiger partial charge in [0.15, 0.2) is 0 Å². The number of nitrogens with one attached hydrogen (secondary N) is 1. The number of hydrogen-bond acceptors (Lipinski definition) is 3. The van der Waals surface area contributed by atoms with Gasteiger partial charge < -0.3 is 15.5 Å². The molecule has 2 atom stereocenters. The highest BCUT2D eigenvalue weighted by atomic mass is 16.3. The molecule has 316 valence electrons. The molecule has 0 aromatic carbocycles. The summed E-state index contributed by atoms with van der Waals surface area (Å²) in [4.78, 5) is 12.4. The average molecular weight is 748 g/mol. The molecule has 0 aliphatic heterocycles. The molecule has 0 heterocycles. The molecule has 0 rings (SSSR count). The summed E-state index contributed by atoms with van der Waals surface area (Å²) < 4.78 is 0. The maximum Gasteiger partial charge on any atom is 0.220 e. The lowest BCUT2D eigenvalue weighted by atomic mass is 10.0. The van der Waals surface area contributed by atoms with Crippen molar-refractivity contribution >= 4 is 5.91 Å². The first-order chi connectivity index (χ1) is 26.2. The molecule has 4 nitrogen and oxygen atoms in total. The van der Waals surface area contributed by atoms with Gasteiger partial charge in [-0.05, 0) is 38.5 Å². The smallest absolute Gasteiger partial charge is 0.220 e. The summed E-state index contributed by atoms with van der Waals surface area (Å²) in [7, 11) is 0. The lowest BCUT2D eigenvalue weighted by molar-refractivity contribution is -0.123. The molecule has 0 aliphatic rings. The maximum absolute atomic E-state index is 12.4. The number of aliphatic hydroxyl groups excluding tert-OH is 2. The molecule has 0 bridgehead atoms. The van der Waals surface area contributed by atoms with Crippen LogP contribution in [0, 0.1) is 0 Å². The molecular weight excluding hydrogens is 651 g/mol. The standard InChI is InChI=1S/C49H97NO3/c1-3-5-7-9-11-13-15-17-19-21-23-24-25-27-28-30-32-34-36-38-40-42-44-48(52)47(46-51)50-49(53)45-43-41-39-37-35-33-31-29-26-22-20-18-16-14-12-10-8-6-4-2/h22,26,47-48,51-52H,3-21,23-25,27-46H2,1-2H3,(H,50,53)/b26-22-. The first kappa shape index (κ1) is 52.1. The van der Waals surface area contributed by atoms with Crippen LogP contribution in [0.15, 0.2) is 12.2 Å². The summed E-state index contributed by atoms with van der Waals surface area (Å²) >= 11 is 0. The third kappa shape index (κ3) is 42.1. The van der Waals surface area contributed by atoms with E-state index < -0.39 is 12.1 Å². The largest absolute Gasteiger partial charge is 0.394 e. The Balaban J connectivity index is 3.47. The van der Waals surface area contributed by atoms with Crippen LogP contribution in [0.4, 0.5) is 0 Å². The Morgan fingerprint density at radius 3 is 1.04 bits per heavy atom. The first-order valence-electron chi connectivity index (χ1n) is 24.4. The third-order valence-electron chi connectivity index (χ3n) is 11.5. The van der Waals surface area contributed by atoms with Crippen molar-refractivity contribution in [1.29, 1.82) is 0 Å². The second kappa shape index (κ2) is 45.5. The molecule has 4 heteroatoms. The quantitative estimate of drug-likeness (QED) is 0.0429. The van der Waals surface area contributed by atoms with Gasteiger partial charge in [0, 0.05) is 6.42 Å². The van der Waals surface area contributed by atoms with Crippen LogP contribution < -0.4 is 5.32 Å². The second-order valence-electron chi connectivity index (χ2n) is 16.9. The number of amides is 1. The molecule has 2 unspecified atom stereocenters. The van der Waals surface area contributed by atoms with Crippen molar-refractivity contribution in [2.75, 3.05) is 6.61 Å². The van der Waals surface area contributed by atoms with Crippen molar-refractivity contribution in [3.05, 3.63) is 12.2 Å². The van der Waals surface area contributed by atoms with Crippen molar-refractivity contribution in [2.24, 2.45) is 0 Å². The van der Waals surface area contributed by atoms with Gasteiger partial charge in [-0.25, -0.2) is 0 Å². The van der Waals surface area contributed by atoms with Crippen LogP contribution in [0.3, 0.4) is 0 Å². The predicted octanol–water partition coefficient (Wildman–Crippen LogP) is 15.4. The van der Waals surface area contributed by atoms with Gasteiger partial charge in [-0.3, -0.25) is 4.79 Å². The minimum Gasteiger partial charge on any atom is -0.394 e. The summed E-state index contributed by atoms with van der Waals surface area (Å²) in [5, 5.41) is 23.3. The van der Waals surface area contributed by atoms with Crippen molar-refractivity contribution in [3.8, 4) is 0 Å². The third-order valence-corrected chi connectivity index (χ3v) is 11.5. The Hall–Kier alpha value is -0.870. The van der Waals surface area contributed by atoms with Crippen LogP contribution in [0.2, 0.25) is 0 Å². The maximum atomic E-state index is 12.4. The molecule has 0 fully saturated rings. The number of hydrogen-bond donors (Lipinski definition) is 3. The Labute approximate surface area is 333 Å². The highest BCUT2D eigenvalue weighted by Crippen LogP contribution is 2.17. The molecule has 0 aliphatic carbocycles. The van der Waals surface area contributed by atoms with Gasteiger partial charge in [0.25, 0.3) is 0 Å². The van der Waals surface area contributed by atoms with Crippen LogP contribution in [0.1, 0.15) is 277 Å². The normalized spacial score (nSPS) is 12.9. The Morgan fingerprint density at radius 1 is 0.434 bits per heavy atom. The van der Waals surface area contributed by atoms with E-state index in [2.05, 4.69) is 31.3 Å². The number of unbranched alkanes of at least 4 members (excludes halogenated alkanes) is 36. The number of allylic oxidation sites excluding steroid dienone is 2. The van der Waals surface area contributed by atoms with Gasteiger partial charge in [-0.15, -0.1) is 0 Å². The molecule has 0 aromatic heterocycles. The van der Waals surface area contributed by atoms with Crippen LogP contribution >= 0.6 is 0 Å². The molecule has 0 radical (unpaired) electrons. The van der Waals surface area contributed by atoms with E-state index in [1.165, 1.54) is 225 Å². The van der Waals surface area contributed by atoms with Crippen molar-refractivity contribution < 1.29 is 15.0 Å². The number of carbonyl (C=O) groups is 1. The lowest BCUT2D eigenvalue weighted by Crippen LogP contribution is -2.45. The Morgan fingerprint density at radius 2 is 0.717 bits per heavy atom. The van der Waals surface area contributed by atoms with Gasteiger partial charge >= 0.3 is 0 Å². The van der Waals surface area contributed by atoms with E-state index in [1.54, 1.807) is 0 Å². The summed E-state index contributed by atoms with van der Waals surface area (Å²) in [6, 6.07) is -0.535. The van der Waals surface area contributed by atoms with Crippen LogP contribution in [0.25, 0.3) is 0 Å². The predicted molar refractivity (Wildman–Crippen MR) is 235 cm³/mol. The SMILES string of the molecule is CCCCCCCCCC/C=C\CCCCCCCCCC(=O)NC(CO)C(O)CCCCCCCCCCCCCCCCCCCCCCCC. The summed E-state index contributed by atoms with van der Waals surface area (Å²) in [6.07, 6.45) is 57.3. The highest BCUT2D eigenvalue weighted by molar-refractivity contribution is 5.76. The van der Waals surface area contributed by atoms with E-state index in [0.29, 0.717) is 12.8 Å². The van der Waals surface area contributed by atoms with Gasteiger partial charge in [0.1, 0.15) is 0 Å². The van der Waals surface area contributed by atoms with Gasteiger partial charge in [-0.1, -0.05) is 244 Å².